The summed E-state index contributed by atoms with van der Waals surface area (Å²) in [6.45, 7) is 2.03. The lowest BCUT2D eigenvalue weighted by Crippen LogP contribution is -2.49. The molecule has 5 nitrogen and oxygen atoms in total. The van der Waals surface area contributed by atoms with Crippen LogP contribution in [0.5, 0.6) is 0 Å². The van der Waals surface area contributed by atoms with Crippen LogP contribution in [0.4, 0.5) is 5.69 Å². The van der Waals surface area contributed by atoms with E-state index in [4.69, 9.17) is 11.6 Å². The molecule has 0 radical (unpaired) electrons. The van der Waals surface area contributed by atoms with Gasteiger partial charge in [-0.2, -0.15) is 0 Å². The fourth-order valence-corrected chi connectivity index (χ4v) is 3.55. The molecule has 1 N–H and O–H groups in total. The van der Waals surface area contributed by atoms with E-state index < -0.39 is 5.92 Å². The SMILES string of the molecule is CNC1CCCN(C(=O)C2CCN(c3ccc(Cl)cc3)C2=O)C1.Cl. The van der Waals surface area contributed by atoms with Gasteiger partial charge < -0.3 is 15.1 Å². The minimum atomic E-state index is -0.540. The molecule has 0 bridgehead atoms. The summed E-state index contributed by atoms with van der Waals surface area (Å²) in [7, 11) is 1.92. The Morgan fingerprint density at radius 3 is 2.58 bits per heavy atom. The van der Waals surface area contributed by atoms with Gasteiger partial charge in [-0.25, -0.2) is 0 Å². The van der Waals surface area contributed by atoms with Crippen molar-refractivity contribution in [2.24, 2.45) is 5.92 Å². The van der Waals surface area contributed by atoms with E-state index in [1.807, 2.05) is 24.1 Å². The van der Waals surface area contributed by atoms with Crippen molar-refractivity contribution >= 4 is 41.5 Å². The second-order valence-electron chi connectivity index (χ2n) is 6.22. The Balaban J connectivity index is 0.00000208. The number of amides is 2. The quantitative estimate of drug-likeness (QED) is 0.829. The number of carbonyl (C=O) groups excluding carboxylic acids is 2. The topological polar surface area (TPSA) is 52.7 Å². The van der Waals surface area contributed by atoms with Gasteiger partial charge in [-0.1, -0.05) is 11.6 Å². The van der Waals surface area contributed by atoms with Crippen LogP contribution in [-0.4, -0.2) is 49.4 Å². The Morgan fingerprint density at radius 1 is 1.21 bits per heavy atom. The number of carbonyl (C=O) groups is 2. The molecule has 132 valence electrons. The van der Waals surface area contributed by atoms with Gasteiger partial charge in [-0.3, -0.25) is 9.59 Å². The Labute approximate surface area is 153 Å². The zero-order valence-electron chi connectivity index (χ0n) is 13.7. The van der Waals surface area contributed by atoms with Crippen molar-refractivity contribution in [1.29, 1.82) is 0 Å². The van der Waals surface area contributed by atoms with Gasteiger partial charge in [-0.05, 0) is 50.6 Å². The predicted octanol–water partition coefficient (Wildman–Crippen LogP) is 2.33. The maximum atomic E-state index is 12.7. The van der Waals surface area contributed by atoms with Crippen LogP contribution in [0, 0.1) is 5.92 Å². The Bertz CT molecular complexity index is 594. The lowest BCUT2D eigenvalue weighted by atomic mass is 10.0. The van der Waals surface area contributed by atoms with Gasteiger partial charge in [0.15, 0.2) is 0 Å². The molecule has 2 aliphatic heterocycles. The van der Waals surface area contributed by atoms with Crippen LogP contribution < -0.4 is 10.2 Å². The van der Waals surface area contributed by atoms with E-state index in [9.17, 15) is 9.59 Å². The number of piperidine rings is 1. The largest absolute Gasteiger partial charge is 0.340 e. The Hall–Kier alpha value is -1.30. The molecule has 24 heavy (non-hydrogen) atoms. The highest BCUT2D eigenvalue weighted by Crippen LogP contribution is 2.28. The molecule has 0 saturated carbocycles. The summed E-state index contributed by atoms with van der Waals surface area (Å²) in [5, 5.41) is 3.87. The minimum absolute atomic E-state index is 0. The van der Waals surface area contributed by atoms with E-state index in [0.717, 1.165) is 25.1 Å². The first-order valence-electron chi connectivity index (χ1n) is 8.13. The number of likely N-dealkylation sites (N-methyl/N-ethyl adjacent to an activating group) is 1. The number of nitrogens with zero attached hydrogens (tertiary/aromatic N) is 2. The van der Waals surface area contributed by atoms with Crippen LogP contribution in [0.1, 0.15) is 19.3 Å². The number of likely N-dealkylation sites (tertiary alicyclic amines) is 1. The molecule has 2 amide bonds. The van der Waals surface area contributed by atoms with Crippen molar-refractivity contribution in [3.05, 3.63) is 29.3 Å². The van der Waals surface area contributed by atoms with Crippen LogP contribution in [0.15, 0.2) is 24.3 Å². The summed E-state index contributed by atoms with van der Waals surface area (Å²) in [6, 6.07) is 7.51. The normalized spacial score (nSPS) is 24.0. The summed E-state index contributed by atoms with van der Waals surface area (Å²) in [4.78, 5) is 28.9. The minimum Gasteiger partial charge on any atom is -0.340 e. The van der Waals surface area contributed by atoms with Crippen LogP contribution in [0.2, 0.25) is 5.02 Å². The van der Waals surface area contributed by atoms with E-state index in [0.29, 0.717) is 30.6 Å². The van der Waals surface area contributed by atoms with Gasteiger partial charge in [0.25, 0.3) is 0 Å². The monoisotopic (exact) mass is 371 g/mol. The summed E-state index contributed by atoms with van der Waals surface area (Å²) < 4.78 is 0. The molecule has 0 aliphatic carbocycles. The van der Waals surface area contributed by atoms with Gasteiger partial charge >= 0.3 is 0 Å². The third kappa shape index (κ3) is 3.85. The van der Waals surface area contributed by atoms with Gasteiger partial charge in [0.05, 0.1) is 0 Å². The van der Waals surface area contributed by atoms with Crippen LogP contribution in [0.3, 0.4) is 0 Å². The standard InChI is InChI=1S/C17H22ClN3O2.ClH/c1-19-13-3-2-9-20(11-13)16(22)15-8-10-21(17(15)23)14-6-4-12(18)5-7-14;/h4-7,13,15,19H,2-3,8-11H2,1H3;1H. The van der Waals surface area contributed by atoms with E-state index in [1.54, 1.807) is 17.0 Å². The maximum absolute atomic E-state index is 12.7. The highest BCUT2D eigenvalue weighted by molar-refractivity contribution is 6.30. The van der Waals surface area contributed by atoms with Gasteiger partial charge in [-0.15, -0.1) is 12.4 Å². The first-order chi connectivity index (χ1) is 11.1. The smallest absolute Gasteiger partial charge is 0.239 e. The summed E-state index contributed by atoms with van der Waals surface area (Å²) in [5.74, 6) is -0.656. The number of hydrogen-bond donors (Lipinski definition) is 1. The summed E-state index contributed by atoms with van der Waals surface area (Å²) in [5.41, 5.74) is 0.807. The highest BCUT2D eigenvalue weighted by atomic mass is 35.5. The molecule has 1 aromatic rings. The fraction of sp³-hybridized carbons (Fsp3) is 0.529. The molecule has 1 aromatic carbocycles. The molecule has 2 atom stereocenters. The van der Waals surface area contributed by atoms with E-state index in [2.05, 4.69) is 5.32 Å². The third-order valence-electron chi connectivity index (χ3n) is 4.78. The zero-order chi connectivity index (χ0) is 16.4. The Morgan fingerprint density at radius 2 is 1.92 bits per heavy atom. The second kappa shape index (κ2) is 8.19. The van der Waals surface area contributed by atoms with Crippen molar-refractivity contribution in [2.45, 2.75) is 25.3 Å². The fourth-order valence-electron chi connectivity index (χ4n) is 3.42. The van der Waals surface area contributed by atoms with Gasteiger partial charge in [0.2, 0.25) is 11.8 Å². The molecule has 0 aromatic heterocycles. The van der Waals surface area contributed by atoms with Crippen LogP contribution in [0.25, 0.3) is 0 Å². The lowest BCUT2D eigenvalue weighted by molar-refractivity contribution is -0.140. The number of halogens is 2. The number of anilines is 1. The molecule has 2 unspecified atom stereocenters. The Kier molecular flexibility index (Phi) is 6.49. The zero-order valence-corrected chi connectivity index (χ0v) is 15.3. The highest BCUT2D eigenvalue weighted by Gasteiger charge is 2.40. The number of benzene rings is 1. The molecule has 3 rings (SSSR count). The first kappa shape index (κ1) is 19.0. The molecule has 2 aliphatic rings. The van der Waals surface area contributed by atoms with Gasteiger partial charge in [0, 0.05) is 36.4 Å². The second-order valence-corrected chi connectivity index (χ2v) is 6.66. The molecule has 2 heterocycles. The van der Waals surface area contributed by atoms with Crippen molar-refractivity contribution in [2.75, 3.05) is 31.6 Å². The number of hydrogen-bond acceptors (Lipinski definition) is 3. The first-order valence-corrected chi connectivity index (χ1v) is 8.51. The molecule has 0 spiro atoms. The summed E-state index contributed by atoms with van der Waals surface area (Å²) in [6.07, 6.45) is 2.65. The van der Waals surface area contributed by atoms with Crippen molar-refractivity contribution in [1.82, 2.24) is 10.2 Å². The van der Waals surface area contributed by atoms with Crippen molar-refractivity contribution in [3.8, 4) is 0 Å². The molecule has 2 saturated heterocycles. The van der Waals surface area contributed by atoms with Crippen LogP contribution in [-0.2, 0) is 9.59 Å². The average molecular weight is 372 g/mol. The maximum Gasteiger partial charge on any atom is 0.239 e. The lowest BCUT2D eigenvalue weighted by Gasteiger charge is -2.33. The number of nitrogens with one attached hydrogen (secondary N) is 1. The molecular weight excluding hydrogens is 349 g/mol. The average Bonchev–Trinajstić information content (AvgIpc) is 2.96. The molecule has 2 fully saturated rings. The van der Waals surface area contributed by atoms with Crippen LogP contribution >= 0.6 is 24.0 Å². The van der Waals surface area contributed by atoms with E-state index in [-0.39, 0.29) is 24.2 Å². The molecule has 7 heteroatoms. The van der Waals surface area contributed by atoms with E-state index >= 15 is 0 Å². The summed E-state index contributed by atoms with van der Waals surface area (Å²) >= 11 is 5.89. The third-order valence-corrected chi connectivity index (χ3v) is 5.04. The van der Waals surface area contributed by atoms with Crippen molar-refractivity contribution in [3.63, 3.8) is 0 Å². The predicted molar refractivity (Wildman–Crippen MR) is 97.8 cm³/mol. The van der Waals surface area contributed by atoms with E-state index in [1.165, 1.54) is 0 Å². The number of rotatable bonds is 3. The van der Waals surface area contributed by atoms with Crippen molar-refractivity contribution < 1.29 is 9.59 Å². The molecular formula is C17H23Cl2N3O2. The van der Waals surface area contributed by atoms with Gasteiger partial charge in [0.1, 0.15) is 5.92 Å².